The van der Waals surface area contributed by atoms with Crippen molar-refractivity contribution in [2.45, 2.75) is 6.92 Å². The minimum Gasteiger partial charge on any atom is -0.217 e. The van der Waals surface area contributed by atoms with E-state index in [0.29, 0.717) is 5.13 Å². The zero-order valence-electron chi connectivity index (χ0n) is 7.93. The average Bonchev–Trinajstić information content (AvgIpc) is 2.63. The van der Waals surface area contributed by atoms with Crippen molar-refractivity contribution in [2.75, 3.05) is 0 Å². The quantitative estimate of drug-likeness (QED) is 0.363. The lowest BCUT2D eigenvalue weighted by Crippen LogP contribution is -1.88. The fourth-order valence-electron chi connectivity index (χ4n) is 1.21. The lowest BCUT2D eigenvalue weighted by atomic mass is 10.2. The number of nitriles is 1. The van der Waals surface area contributed by atoms with E-state index in [0.717, 1.165) is 15.8 Å². The molecule has 0 aliphatic heterocycles. The molecule has 1 aromatic heterocycles. The van der Waals surface area contributed by atoms with Gasteiger partial charge < -0.3 is 0 Å². The maximum Gasteiger partial charge on any atom is 0.232 e. The Balaban J connectivity index is 2.40. The third-order valence-corrected chi connectivity index (χ3v) is 2.75. The molecule has 2 rings (SSSR count). The van der Waals surface area contributed by atoms with Gasteiger partial charge in [-0.05, 0) is 18.6 Å². The molecule has 5 nitrogen and oxygen atoms in total. The van der Waals surface area contributed by atoms with Crippen molar-refractivity contribution in [3.63, 3.8) is 0 Å². The molecule has 0 atom stereocenters. The van der Waals surface area contributed by atoms with Crippen LogP contribution in [-0.4, -0.2) is 4.98 Å². The molecule has 0 fully saturated rings. The minimum atomic E-state index is 0.544. The van der Waals surface area contributed by atoms with Crippen LogP contribution >= 0.6 is 11.3 Å². The molecule has 0 saturated heterocycles. The number of hydrogen-bond acceptors (Lipinski definition) is 5. The highest BCUT2D eigenvalue weighted by Crippen LogP contribution is 2.29. The third kappa shape index (κ3) is 1.92. The van der Waals surface area contributed by atoms with Crippen molar-refractivity contribution in [3.05, 3.63) is 23.8 Å². The second-order valence-electron chi connectivity index (χ2n) is 2.84. The molecule has 1 heterocycles. The summed E-state index contributed by atoms with van der Waals surface area (Å²) in [7, 11) is 0. The van der Waals surface area contributed by atoms with Crippen LogP contribution in [0.15, 0.2) is 28.5 Å². The summed E-state index contributed by atoms with van der Waals surface area (Å²) in [5.74, 6) is 0. The number of aryl methyl sites for hydroxylation is 1. The first-order chi connectivity index (χ1) is 7.31. The van der Waals surface area contributed by atoms with Crippen LogP contribution in [0.4, 0.5) is 5.13 Å². The Labute approximate surface area is 90.1 Å². The molecule has 1 N–H and O–H groups in total. The largest absolute Gasteiger partial charge is 0.232 e. The third-order valence-electron chi connectivity index (χ3n) is 1.84. The fourth-order valence-corrected chi connectivity index (χ4v) is 2.07. The zero-order valence-corrected chi connectivity index (χ0v) is 8.75. The number of benzene rings is 1. The summed E-state index contributed by atoms with van der Waals surface area (Å²) in [5.41, 5.74) is 4.13. The molecule has 1 aromatic carbocycles. The summed E-state index contributed by atoms with van der Waals surface area (Å²) in [4.78, 5) is 4.29. The standard InChI is InChI=1S/C9H7N5S/c1-6-3-2-4-7-8(6)12-9(15-7)13-14-11-5-10/h2-4H,1H3,(H,11,12,13). The van der Waals surface area contributed by atoms with E-state index in [-0.39, 0.29) is 0 Å². The number of aromatic nitrogens is 1. The van der Waals surface area contributed by atoms with E-state index in [1.54, 1.807) is 6.19 Å². The van der Waals surface area contributed by atoms with E-state index < -0.39 is 0 Å². The Hall–Kier alpha value is -2.00. The number of nitrogens with one attached hydrogen (secondary N) is 1. The Kier molecular flexibility index (Phi) is 2.56. The maximum atomic E-state index is 8.20. The molecule has 0 bridgehead atoms. The van der Waals surface area contributed by atoms with Crippen LogP contribution < -0.4 is 5.43 Å². The smallest absolute Gasteiger partial charge is 0.217 e. The molecule has 0 aliphatic rings. The van der Waals surface area contributed by atoms with Gasteiger partial charge in [0.15, 0.2) is 6.19 Å². The van der Waals surface area contributed by atoms with Crippen molar-refractivity contribution in [1.29, 1.82) is 5.26 Å². The van der Waals surface area contributed by atoms with Crippen molar-refractivity contribution in [1.82, 2.24) is 10.4 Å². The van der Waals surface area contributed by atoms with Gasteiger partial charge in [0.05, 0.1) is 10.2 Å². The van der Waals surface area contributed by atoms with Gasteiger partial charge in [-0.3, -0.25) is 0 Å². The van der Waals surface area contributed by atoms with Gasteiger partial charge in [0.25, 0.3) is 0 Å². The summed E-state index contributed by atoms with van der Waals surface area (Å²) in [6, 6.07) is 5.96. The second-order valence-corrected chi connectivity index (χ2v) is 3.85. The van der Waals surface area contributed by atoms with Crippen LogP contribution in [0.1, 0.15) is 5.56 Å². The van der Waals surface area contributed by atoms with Crippen LogP contribution in [0, 0.1) is 18.4 Å². The maximum absolute atomic E-state index is 8.20. The van der Waals surface area contributed by atoms with E-state index in [2.05, 4.69) is 20.7 Å². The summed E-state index contributed by atoms with van der Waals surface area (Å²) in [6.45, 7) is 2.00. The van der Waals surface area contributed by atoms with Crippen LogP contribution in [0.2, 0.25) is 0 Å². The van der Waals surface area contributed by atoms with Crippen molar-refractivity contribution in [2.24, 2.45) is 10.3 Å². The van der Waals surface area contributed by atoms with Gasteiger partial charge in [-0.15, -0.1) is 0 Å². The number of rotatable bonds is 2. The second kappa shape index (κ2) is 4.02. The van der Waals surface area contributed by atoms with E-state index in [1.165, 1.54) is 11.3 Å². The first-order valence-corrected chi connectivity index (χ1v) is 5.04. The van der Waals surface area contributed by atoms with E-state index >= 15 is 0 Å². The highest BCUT2D eigenvalue weighted by molar-refractivity contribution is 7.21. The molecule has 0 saturated carbocycles. The van der Waals surface area contributed by atoms with Crippen molar-refractivity contribution >= 4 is 26.7 Å². The van der Waals surface area contributed by atoms with Gasteiger partial charge in [-0.25, -0.2) is 4.98 Å². The number of para-hydroxylation sites is 1. The number of hydrogen-bond donors (Lipinski definition) is 1. The molecular weight excluding hydrogens is 210 g/mol. The van der Waals surface area contributed by atoms with E-state index in [4.69, 9.17) is 5.26 Å². The van der Waals surface area contributed by atoms with Gasteiger partial charge >= 0.3 is 0 Å². The molecule has 0 aliphatic carbocycles. The molecule has 6 heteroatoms. The van der Waals surface area contributed by atoms with Gasteiger partial charge in [0, 0.05) is 0 Å². The highest BCUT2D eigenvalue weighted by Gasteiger charge is 2.04. The SMILES string of the molecule is Cc1cccc2sc(/N=N/NC#N)nc12. The molecule has 2 aromatic rings. The van der Waals surface area contributed by atoms with Crippen LogP contribution in [0.25, 0.3) is 10.2 Å². The zero-order chi connectivity index (χ0) is 10.7. The predicted molar refractivity (Wildman–Crippen MR) is 57.6 cm³/mol. The van der Waals surface area contributed by atoms with Crippen molar-refractivity contribution in [3.8, 4) is 6.19 Å². The molecule has 0 spiro atoms. The topological polar surface area (TPSA) is 73.4 Å². The molecule has 74 valence electrons. The predicted octanol–water partition coefficient (Wildman–Crippen LogP) is 2.67. The van der Waals surface area contributed by atoms with Gasteiger partial charge in [0.2, 0.25) is 5.13 Å². The Morgan fingerprint density at radius 2 is 2.40 bits per heavy atom. The van der Waals surface area contributed by atoms with E-state index in [1.807, 2.05) is 25.1 Å². The summed E-state index contributed by atoms with van der Waals surface area (Å²) in [6.07, 6.45) is 1.65. The van der Waals surface area contributed by atoms with Gasteiger partial charge in [0.1, 0.15) is 0 Å². The lowest BCUT2D eigenvalue weighted by molar-refractivity contribution is 0.885. The fraction of sp³-hybridized carbons (Fsp3) is 0.111. The average molecular weight is 217 g/mol. The molecule has 0 amide bonds. The summed E-state index contributed by atoms with van der Waals surface area (Å²) in [5, 5.41) is 16.0. The Morgan fingerprint density at radius 3 is 3.13 bits per heavy atom. The minimum absolute atomic E-state index is 0.544. The Bertz CT molecular complexity index is 551. The first-order valence-electron chi connectivity index (χ1n) is 4.22. The number of thiazole rings is 1. The normalized spacial score (nSPS) is 10.7. The van der Waals surface area contributed by atoms with Crippen molar-refractivity contribution < 1.29 is 0 Å². The Morgan fingerprint density at radius 1 is 1.53 bits per heavy atom. The van der Waals surface area contributed by atoms with E-state index in [9.17, 15) is 0 Å². The van der Waals surface area contributed by atoms with Crippen LogP contribution in [0.3, 0.4) is 0 Å². The molecular formula is C9H7N5S. The van der Waals surface area contributed by atoms with Gasteiger partial charge in [-0.2, -0.15) is 10.7 Å². The van der Waals surface area contributed by atoms with Gasteiger partial charge in [-0.1, -0.05) is 33.8 Å². The molecule has 15 heavy (non-hydrogen) atoms. The van der Waals surface area contributed by atoms with Crippen LogP contribution in [0.5, 0.6) is 0 Å². The lowest BCUT2D eigenvalue weighted by Gasteiger charge is -1.89. The summed E-state index contributed by atoms with van der Waals surface area (Å²) >= 11 is 1.44. The molecule has 0 unspecified atom stereocenters. The number of fused-ring (bicyclic) bond motifs is 1. The first kappa shape index (κ1) is 9.55. The molecule has 0 radical (unpaired) electrons. The highest BCUT2D eigenvalue weighted by atomic mass is 32.1. The monoisotopic (exact) mass is 217 g/mol. The summed E-state index contributed by atoms with van der Waals surface area (Å²) < 4.78 is 1.07. The number of nitrogens with zero attached hydrogens (tertiary/aromatic N) is 4. The van der Waals surface area contributed by atoms with Crippen LogP contribution in [-0.2, 0) is 0 Å².